The van der Waals surface area contributed by atoms with Crippen LogP contribution in [0.15, 0.2) is 72.8 Å². The van der Waals surface area contributed by atoms with E-state index in [-0.39, 0.29) is 0 Å². The Hall–Kier alpha value is -3.21. The number of rotatable bonds is 4. The van der Waals surface area contributed by atoms with E-state index < -0.39 is 0 Å². The van der Waals surface area contributed by atoms with Crippen LogP contribution in [0.2, 0.25) is 0 Å². The Labute approximate surface area is 133 Å². The number of benzene rings is 3. The van der Waals surface area contributed by atoms with Crippen molar-refractivity contribution in [3.63, 3.8) is 0 Å². The van der Waals surface area contributed by atoms with Crippen molar-refractivity contribution in [2.45, 2.75) is 6.61 Å². The summed E-state index contributed by atoms with van der Waals surface area (Å²) in [5.74, 6) is 1.45. The van der Waals surface area contributed by atoms with Crippen LogP contribution in [-0.4, -0.2) is 20.2 Å². The third-order valence-electron chi connectivity index (χ3n) is 3.62. The van der Waals surface area contributed by atoms with Gasteiger partial charge in [-0.05, 0) is 45.5 Å². The number of hydrogen-bond donors (Lipinski definition) is 0. The van der Waals surface area contributed by atoms with Gasteiger partial charge < -0.3 is 4.74 Å². The molecule has 0 saturated carbocycles. The minimum absolute atomic E-state index is 0.306. The van der Waals surface area contributed by atoms with E-state index in [2.05, 4.69) is 27.7 Å². The highest BCUT2D eigenvalue weighted by atomic mass is 16.5. The molecule has 0 N–H and O–H groups in total. The molecule has 0 aliphatic heterocycles. The first kappa shape index (κ1) is 13.5. The highest BCUT2D eigenvalue weighted by molar-refractivity contribution is 5.83. The number of nitrogens with zero attached hydrogens (tertiary/aromatic N) is 4. The zero-order valence-electron chi connectivity index (χ0n) is 12.3. The van der Waals surface area contributed by atoms with Gasteiger partial charge in [0.15, 0.2) is 5.82 Å². The number of fused-ring (bicyclic) bond motifs is 1. The Morgan fingerprint density at radius 3 is 2.48 bits per heavy atom. The Bertz CT molecular complexity index is 934. The van der Waals surface area contributed by atoms with Gasteiger partial charge in [0.2, 0.25) is 0 Å². The normalized spacial score (nSPS) is 10.8. The van der Waals surface area contributed by atoms with Crippen molar-refractivity contribution in [1.29, 1.82) is 0 Å². The van der Waals surface area contributed by atoms with E-state index >= 15 is 0 Å². The van der Waals surface area contributed by atoms with Gasteiger partial charge in [0.05, 0.1) is 5.69 Å². The zero-order valence-corrected chi connectivity index (χ0v) is 12.3. The molecule has 5 nitrogen and oxygen atoms in total. The predicted octanol–water partition coefficient (Wildman–Crippen LogP) is 3.39. The van der Waals surface area contributed by atoms with Crippen molar-refractivity contribution in [1.82, 2.24) is 20.2 Å². The van der Waals surface area contributed by atoms with Gasteiger partial charge in [0.25, 0.3) is 0 Å². The molecule has 0 amide bonds. The van der Waals surface area contributed by atoms with Crippen LogP contribution in [-0.2, 0) is 6.61 Å². The molecule has 0 fully saturated rings. The fraction of sp³-hybridized carbons (Fsp3) is 0.0556. The molecule has 0 saturated heterocycles. The van der Waals surface area contributed by atoms with E-state index in [1.807, 2.05) is 60.7 Å². The first-order chi connectivity index (χ1) is 11.4. The molecule has 0 bridgehead atoms. The van der Waals surface area contributed by atoms with E-state index in [9.17, 15) is 0 Å². The first-order valence-corrected chi connectivity index (χ1v) is 7.34. The molecule has 3 aromatic carbocycles. The van der Waals surface area contributed by atoms with Crippen molar-refractivity contribution in [2.24, 2.45) is 0 Å². The van der Waals surface area contributed by atoms with Crippen molar-refractivity contribution in [3.05, 3.63) is 78.6 Å². The van der Waals surface area contributed by atoms with Crippen molar-refractivity contribution >= 4 is 10.8 Å². The van der Waals surface area contributed by atoms with Gasteiger partial charge in [-0.15, -0.1) is 5.10 Å². The average Bonchev–Trinajstić information content (AvgIpc) is 3.09. The number of hydrogen-bond acceptors (Lipinski definition) is 4. The molecule has 0 aliphatic carbocycles. The van der Waals surface area contributed by atoms with E-state index in [1.165, 1.54) is 5.39 Å². The first-order valence-electron chi connectivity index (χ1n) is 7.34. The van der Waals surface area contributed by atoms with Gasteiger partial charge in [0, 0.05) is 0 Å². The number of aromatic nitrogens is 4. The van der Waals surface area contributed by atoms with Crippen LogP contribution in [0.4, 0.5) is 0 Å². The van der Waals surface area contributed by atoms with Crippen LogP contribution in [0, 0.1) is 0 Å². The highest BCUT2D eigenvalue weighted by Gasteiger charge is 2.08. The van der Waals surface area contributed by atoms with Gasteiger partial charge in [-0.1, -0.05) is 48.5 Å². The highest BCUT2D eigenvalue weighted by Crippen LogP contribution is 2.21. The molecule has 1 heterocycles. The molecule has 0 radical (unpaired) electrons. The monoisotopic (exact) mass is 302 g/mol. The number of para-hydroxylation sites is 1. The van der Waals surface area contributed by atoms with Crippen molar-refractivity contribution in [2.75, 3.05) is 0 Å². The lowest BCUT2D eigenvalue weighted by atomic mass is 10.1. The molecule has 5 heteroatoms. The maximum Gasteiger partial charge on any atom is 0.194 e. The van der Waals surface area contributed by atoms with Crippen LogP contribution in [0.1, 0.15) is 5.82 Å². The fourth-order valence-corrected chi connectivity index (χ4v) is 2.47. The molecule has 0 spiro atoms. The molecule has 1 aromatic heterocycles. The summed E-state index contributed by atoms with van der Waals surface area (Å²) in [5.41, 5.74) is 0.912. The smallest absolute Gasteiger partial charge is 0.194 e. The summed E-state index contributed by atoms with van der Waals surface area (Å²) in [4.78, 5) is 0. The summed E-state index contributed by atoms with van der Waals surface area (Å²) in [6, 6.07) is 24.0. The number of ether oxygens (including phenoxy) is 1. The summed E-state index contributed by atoms with van der Waals surface area (Å²) in [6.07, 6.45) is 0. The van der Waals surface area contributed by atoms with E-state index in [1.54, 1.807) is 4.68 Å². The van der Waals surface area contributed by atoms with Crippen LogP contribution in [0.3, 0.4) is 0 Å². The third-order valence-corrected chi connectivity index (χ3v) is 3.62. The second-order valence-corrected chi connectivity index (χ2v) is 5.14. The van der Waals surface area contributed by atoms with Crippen LogP contribution < -0.4 is 4.74 Å². The quantitative estimate of drug-likeness (QED) is 0.580. The second kappa shape index (κ2) is 5.88. The van der Waals surface area contributed by atoms with E-state index in [0.29, 0.717) is 12.4 Å². The maximum atomic E-state index is 5.86. The molecular formula is C18H14N4O. The summed E-state index contributed by atoms with van der Waals surface area (Å²) in [7, 11) is 0. The SMILES string of the molecule is c1ccc(-n2nnnc2COc2ccc3ccccc3c2)cc1. The fourth-order valence-electron chi connectivity index (χ4n) is 2.47. The van der Waals surface area contributed by atoms with Crippen LogP contribution >= 0.6 is 0 Å². The lowest BCUT2D eigenvalue weighted by Crippen LogP contribution is -2.06. The van der Waals surface area contributed by atoms with Gasteiger partial charge in [-0.3, -0.25) is 0 Å². The second-order valence-electron chi connectivity index (χ2n) is 5.14. The third kappa shape index (κ3) is 2.76. The Morgan fingerprint density at radius 1 is 0.826 bits per heavy atom. The summed E-state index contributed by atoms with van der Waals surface area (Å²) in [6.45, 7) is 0.306. The summed E-state index contributed by atoms with van der Waals surface area (Å²) in [5, 5.41) is 14.1. The number of tetrazole rings is 1. The molecule has 112 valence electrons. The van der Waals surface area contributed by atoms with Gasteiger partial charge in [-0.2, -0.15) is 4.68 Å². The molecule has 0 aliphatic rings. The van der Waals surface area contributed by atoms with Gasteiger partial charge in [-0.25, -0.2) is 0 Å². The van der Waals surface area contributed by atoms with Gasteiger partial charge >= 0.3 is 0 Å². The zero-order chi connectivity index (χ0) is 15.5. The molecule has 0 atom stereocenters. The lowest BCUT2D eigenvalue weighted by Gasteiger charge is -2.08. The molecular weight excluding hydrogens is 288 g/mol. The predicted molar refractivity (Wildman–Crippen MR) is 87.4 cm³/mol. The van der Waals surface area contributed by atoms with Crippen molar-refractivity contribution < 1.29 is 4.74 Å². The molecule has 4 rings (SSSR count). The Morgan fingerprint density at radius 2 is 1.61 bits per heavy atom. The minimum atomic E-state index is 0.306. The lowest BCUT2D eigenvalue weighted by molar-refractivity contribution is 0.292. The Balaban J connectivity index is 1.56. The topological polar surface area (TPSA) is 52.8 Å². The van der Waals surface area contributed by atoms with Gasteiger partial charge in [0.1, 0.15) is 12.4 Å². The molecule has 23 heavy (non-hydrogen) atoms. The minimum Gasteiger partial charge on any atom is -0.486 e. The van der Waals surface area contributed by atoms with Crippen molar-refractivity contribution in [3.8, 4) is 11.4 Å². The summed E-state index contributed by atoms with van der Waals surface area (Å²) < 4.78 is 7.54. The van der Waals surface area contributed by atoms with Crippen LogP contribution in [0.25, 0.3) is 16.5 Å². The standard InChI is InChI=1S/C18H14N4O/c1-2-8-16(9-3-1)22-18(19-20-21-22)13-23-17-11-10-14-6-4-5-7-15(14)12-17/h1-12H,13H2. The van der Waals surface area contributed by atoms with Crippen LogP contribution in [0.5, 0.6) is 5.75 Å². The largest absolute Gasteiger partial charge is 0.486 e. The van der Waals surface area contributed by atoms with E-state index in [4.69, 9.17) is 4.74 Å². The maximum absolute atomic E-state index is 5.86. The van der Waals surface area contributed by atoms with E-state index in [0.717, 1.165) is 16.8 Å². The molecule has 4 aromatic rings. The molecule has 0 unspecified atom stereocenters. The Kier molecular flexibility index (Phi) is 3.44. The summed E-state index contributed by atoms with van der Waals surface area (Å²) >= 11 is 0. The average molecular weight is 302 g/mol.